The number of anilines is 3. The van der Waals surface area contributed by atoms with Gasteiger partial charge in [-0.2, -0.15) is 0 Å². The van der Waals surface area contributed by atoms with Gasteiger partial charge in [-0.25, -0.2) is 4.98 Å². The number of hydrogen-bond acceptors (Lipinski definition) is 6. The maximum atomic E-state index is 12.9. The van der Waals surface area contributed by atoms with E-state index in [9.17, 15) is 9.00 Å². The van der Waals surface area contributed by atoms with Crippen LogP contribution >= 0.6 is 34.5 Å². The number of rotatable bonds is 7. The summed E-state index contributed by atoms with van der Waals surface area (Å²) in [6.07, 6.45) is 1.94. The fraction of sp³-hybridized carbons (Fsp3) is 0.143. The predicted molar refractivity (Wildman–Crippen MR) is 127 cm³/mol. The Balaban J connectivity index is 1.83. The van der Waals surface area contributed by atoms with E-state index in [0.29, 0.717) is 21.5 Å². The van der Waals surface area contributed by atoms with E-state index in [1.54, 1.807) is 24.3 Å². The Hall–Kier alpha value is -2.19. The zero-order valence-electron chi connectivity index (χ0n) is 16.2. The third-order valence-electron chi connectivity index (χ3n) is 4.04. The molecule has 156 valence electrons. The molecule has 1 aromatic heterocycles. The summed E-state index contributed by atoms with van der Waals surface area (Å²) in [5.41, 5.74) is 7.98. The number of nitrogens with two attached hydrogens (primary N) is 1. The molecule has 3 aromatic rings. The van der Waals surface area contributed by atoms with Gasteiger partial charge in [0, 0.05) is 16.3 Å². The van der Waals surface area contributed by atoms with Gasteiger partial charge in [0.1, 0.15) is 10.7 Å². The average molecular weight is 480 g/mol. The number of nitrogen functional groups attached to an aromatic ring is 1. The Kier molecular flexibility index (Phi) is 7.31. The molecular weight excluding hydrogens is 461 g/mol. The quantitative estimate of drug-likeness (QED) is 0.316. The Morgan fingerprint density at radius 1 is 1.20 bits per heavy atom. The standard InChI is InChI=1S/C21H19Cl2N3O2S2/c1-12(2)9-10-30(28)14-6-3-5-13(11-14)25-21-26-20(24)19(29-21)18(27)17-15(22)7-4-8-16(17)23/h3-9,11H,10,24H2,1-2H3,(H,25,26). The highest BCUT2D eigenvalue weighted by Gasteiger charge is 2.22. The normalized spacial score (nSPS) is 11.7. The smallest absolute Gasteiger partial charge is 0.209 e. The first-order valence-corrected chi connectivity index (χ1v) is 11.8. The van der Waals surface area contributed by atoms with Gasteiger partial charge < -0.3 is 11.1 Å². The third-order valence-corrected chi connectivity index (χ3v) is 6.91. The molecule has 0 radical (unpaired) electrons. The van der Waals surface area contributed by atoms with E-state index < -0.39 is 10.8 Å². The summed E-state index contributed by atoms with van der Waals surface area (Å²) in [6, 6.07) is 12.1. The van der Waals surface area contributed by atoms with E-state index >= 15 is 0 Å². The SMILES string of the molecule is CC(C)=CCS(=O)c1cccc(Nc2nc(N)c(C(=O)c3c(Cl)cccc3Cl)s2)c1. The zero-order chi connectivity index (χ0) is 21.8. The minimum absolute atomic E-state index is 0.0896. The fourth-order valence-electron chi connectivity index (χ4n) is 2.55. The number of benzene rings is 2. The largest absolute Gasteiger partial charge is 0.382 e. The molecule has 0 amide bonds. The maximum absolute atomic E-state index is 12.9. The molecule has 0 aliphatic carbocycles. The molecule has 0 aliphatic heterocycles. The van der Waals surface area contributed by atoms with E-state index in [4.69, 9.17) is 28.9 Å². The van der Waals surface area contributed by atoms with Gasteiger partial charge in [0.25, 0.3) is 0 Å². The van der Waals surface area contributed by atoms with Crippen LogP contribution in [0.3, 0.4) is 0 Å². The fourth-order valence-corrected chi connectivity index (χ4v) is 5.14. The number of thiazole rings is 1. The molecule has 0 saturated heterocycles. The number of hydrogen-bond donors (Lipinski definition) is 2. The van der Waals surface area contributed by atoms with Crippen LogP contribution in [0.15, 0.2) is 59.0 Å². The van der Waals surface area contributed by atoms with Gasteiger partial charge >= 0.3 is 0 Å². The molecule has 5 nitrogen and oxygen atoms in total. The van der Waals surface area contributed by atoms with E-state index in [1.165, 1.54) is 0 Å². The van der Waals surface area contributed by atoms with Crippen LogP contribution < -0.4 is 11.1 Å². The predicted octanol–water partition coefficient (Wildman–Crippen LogP) is 6.08. The highest BCUT2D eigenvalue weighted by molar-refractivity contribution is 7.85. The van der Waals surface area contributed by atoms with Crippen LogP contribution in [0.1, 0.15) is 29.1 Å². The van der Waals surface area contributed by atoms with Crippen molar-refractivity contribution in [3.05, 3.63) is 74.6 Å². The van der Waals surface area contributed by atoms with Gasteiger partial charge in [0.2, 0.25) is 5.78 Å². The molecule has 30 heavy (non-hydrogen) atoms. The molecular formula is C21H19Cl2N3O2S2. The number of allylic oxidation sites excluding steroid dienone is 1. The summed E-state index contributed by atoms with van der Waals surface area (Å²) in [7, 11) is -1.15. The van der Waals surface area contributed by atoms with Crippen LogP contribution in [-0.4, -0.2) is 20.7 Å². The van der Waals surface area contributed by atoms with Gasteiger partial charge in [-0.1, -0.05) is 58.3 Å². The number of nitrogens with zero attached hydrogens (tertiary/aromatic N) is 1. The first-order valence-electron chi connectivity index (χ1n) is 8.90. The van der Waals surface area contributed by atoms with Crippen LogP contribution in [-0.2, 0) is 10.8 Å². The molecule has 9 heteroatoms. The minimum atomic E-state index is -1.15. The van der Waals surface area contributed by atoms with Crippen LogP contribution in [0, 0.1) is 0 Å². The second kappa shape index (κ2) is 9.75. The number of halogens is 2. The number of aromatic nitrogens is 1. The number of carbonyl (C=O) groups excluding carboxylic acids is 1. The van der Waals surface area contributed by atoms with Gasteiger partial charge in [-0.05, 0) is 44.2 Å². The van der Waals surface area contributed by atoms with Gasteiger partial charge in [0.05, 0.1) is 26.4 Å². The van der Waals surface area contributed by atoms with E-state index in [0.717, 1.165) is 16.9 Å². The van der Waals surface area contributed by atoms with Crippen LogP contribution in [0.4, 0.5) is 16.6 Å². The molecule has 1 heterocycles. The number of nitrogens with one attached hydrogen (secondary N) is 1. The van der Waals surface area contributed by atoms with Crippen molar-refractivity contribution < 1.29 is 9.00 Å². The van der Waals surface area contributed by atoms with Crippen molar-refractivity contribution >= 4 is 67.8 Å². The molecule has 1 atom stereocenters. The monoisotopic (exact) mass is 479 g/mol. The van der Waals surface area contributed by atoms with E-state index in [1.807, 2.05) is 38.1 Å². The molecule has 0 fully saturated rings. The summed E-state index contributed by atoms with van der Waals surface area (Å²) in [4.78, 5) is 18.1. The molecule has 0 aliphatic rings. The van der Waals surface area contributed by atoms with Crippen LogP contribution in [0.2, 0.25) is 10.0 Å². The summed E-state index contributed by atoms with van der Waals surface area (Å²) in [5, 5.41) is 4.06. The summed E-state index contributed by atoms with van der Waals surface area (Å²) in [6.45, 7) is 3.94. The second-order valence-electron chi connectivity index (χ2n) is 6.61. The molecule has 0 saturated carbocycles. The van der Waals surface area contributed by atoms with E-state index in [2.05, 4.69) is 10.3 Å². The lowest BCUT2D eigenvalue weighted by Gasteiger charge is -2.05. The van der Waals surface area contributed by atoms with Gasteiger partial charge in [0.15, 0.2) is 5.13 Å². The molecule has 1 unspecified atom stereocenters. The van der Waals surface area contributed by atoms with Gasteiger partial charge in [-0.3, -0.25) is 9.00 Å². The lowest BCUT2D eigenvalue weighted by atomic mass is 10.1. The lowest BCUT2D eigenvalue weighted by molar-refractivity contribution is 0.104. The molecule has 0 bridgehead atoms. The zero-order valence-corrected chi connectivity index (χ0v) is 19.4. The highest BCUT2D eigenvalue weighted by Crippen LogP contribution is 2.34. The Labute approximate surface area is 191 Å². The summed E-state index contributed by atoms with van der Waals surface area (Å²) in [5.74, 6) is 0.157. The summed E-state index contributed by atoms with van der Waals surface area (Å²) < 4.78 is 12.5. The number of ketones is 1. The minimum Gasteiger partial charge on any atom is -0.382 e. The van der Waals surface area contributed by atoms with E-state index in [-0.39, 0.29) is 32.1 Å². The highest BCUT2D eigenvalue weighted by atomic mass is 35.5. The van der Waals surface area contributed by atoms with Crippen LogP contribution in [0.5, 0.6) is 0 Å². The summed E-state index contributed by atoms with van der Waals surface area (Å²) >= 11 is 13.4. The third kappa shape index (κ3) is 5.29. The Morgan fingerprint density at radius 3 is 2.53 bits per heavy atom. The molecule has 0 spiro atoms. The number of carbonyl (C=O) groups is 1. The molecule has 2 aromatic carbocycles. The van der Waals surface area contributed by atoms with Crippen molar-refractivity contribution in [1.29, 1.82) is 0 Å². The van der Waals surface area contributed by atoms with Crippen molar-refractivity contribution in [3.8, 4) is 0 Å². The first-order chi connectivity index (χ1) is 14.3. The van der Waals surface area contributed by atoms with Crippen LogP contribution in [0.25, 0.3) is 0 Å². The van der Waals surface area contributed by atoms with Crippen molar-refractivity contribution in [2.45, 2.75) is 18.7 Å². The first kappa shape index (κ1) is 22.5. The molecule has 3 rings (SSSR count). The van der Waals surface area contributed by atoms with Gasteiger partial charge in [-0.15, -0.1) is 0 Å². The Morgan fingerprint density at radius 2 is 1.87 bits per heavy atom. The van der Waals surface area contributed by atoms with Crippen molar-refractivity contribution in [3.63, 3.8) is 0 Å². The average Bonchev–Trinajstić information content (AvgIpc) is 3.06. The van der Waals surface area contributed by atoms with Crippen molar-refractivity contribution in [1.82, 2.24) is 4.98 Å². The maximum Gasteiger partial charge on any atom is 0.209 e. The van der Waals surface area contributed by atoms with Crippen molar-refractivity contribution in [2.75, 3.05) is 16.8 Å². The van der Waals surface area contributed by atoms with Crippen molar-refractivity contribution in [2.24, 2.45) is 0 Å². The lowest BCUT2D eigenvalue weighted by Crippen LogP contribution is -2.04. The second-order valence-corrected chi connectivity index (χ2v) is 9.91. The topological polar surface area (TPSA) is 85.1 Å². The molecule has 3 N–H and O–H groups in total. The Bertz CT molecular complexity index is 1130.